The van der Waals surface area contributed by atoms with Crippen LogP contribution >= 0.6 is 23.7 Å². The molecule has 1 fully saturated rings. The first-order valence-corrected chi connectivity index (χ1v) is 13.9. The second-order valence-electron chi connectivity index (χ2n) is 9.10. The van der Waals surface area contributed by atoms with E-state index in [-0.39, 0.29) is 23.2 Å². The number of carbonyl (C=O) groups excluding carboxylic acids is 1. The molecule has 4 rings (SSSR count). The Balaban J connectivity index is 0.00000342. The largest absolute Gasteiger partial charge is 0.309 e. The highest BCUT2D eigenvalue weighted by Crippen LogP contribution is 2.33. The van der Waals surface area contributed by atoms with Crippen LogP contribution in [-0.2, 0) is 10.0 Å². The minimum atomic E-state index is -3.51. The van der Waals surface area contributed by atoms with E-state index in [1.165, 1.54) is 21.2 Å². The fourth-order valence-electron chi connectivity index (χ4n) is 4.16. The SMILES string of the molecule is Cc1ccc2sc(N(CCCN(C)C)C(=O)c3ccc(S(=O)(=O)N4CCCC4)cc3)nc2c1C.Cl. The van der Waals surface area contributed by atoms with Crippen LogP contribution in [0.4, 0.5) is 5.13 Å². The van der Waals surface area contributed by atoms with E-state index in [2.05, 4.69) is 30.9 Å². The lowest BCUT2D eigenvalue weighted by atomic mass is 10.1. The number of anilines is 1. The van der Waals surface area contributed by atoms with Gasteiger partial charge < -0.3 is 4.90 Å². The van der Waals surface area contributed by atoms with Crippen molar-refractivity contribution in [1.29, 1.82) is 0 Å². The van der Waals surface area contributed by atoms with Crippen LogP contribution in [0.3, 0.4) is 0 Å². The van der Waals surface area contributed by atoms with Gasteiger partial charge >= 0.3 is 0 Å². The summed E-state index contributed by atoms with van der Waals surface area (Å²) in [7, 11) is 0.508. The molecule has 1 amide bonds. The topological polar surface area (TPSA) is 73.8 Å². The smallest absolute Gasteiger partial charge is 0.260 e. The zero-order valence-corrected chi connectivity index (χ0v) is 23.1. The molecule has 7 nitrogen and oxygen atoms in total. The lowest BCUT2D eigenvalue weighted by Crippen LogP contribution is -2.33. The van der Waals surface area contributed by atoms with Gasteiger partial charge in [0.25, 0.3) is 5.91 Å². The molecule has 0 atom stereocenters. The maximum absolute atomic E-state index is 13.6. The van der Waals surface area contributed by atoms with Crippen molar-refractivity contribution in [3.63, 3.8) is 0 Å². The highest BCUT2D eigenvalue weighted by molar-refractivity contribution is 7.89. The fraction of sp³-hybridized carbons (Fsp3) is 0.440. The van der Waals surface area contributed by atoms with Gasteiger partial charge in [0.2, 0.25) is 10.0 Å². The van der Waals surface area contributed by atoms with E-state index in [1.54, 1.807) is 29.2 Å². The fourth-order valence-corrected chi connectivity index (χ4v) is 6.73. The molecule has 0 aliphatic carbocycles. The molecular weight excluding hydrogens is 504 g/mol. The summed E-state index contributed by atoms with van der Waals surface area (Å²) >= 11 is 1.51. The highest BCUT2D eigenvalue weighted by Gasteiger charge is 2.28. The number of nitrogens with zero attached hydrogens (tertiary/aromatic N) is 4. The van der Waals surface area contributed by atoms with Gasteiger partial charge in [0.1, 0.15) is 0 Å². The third kappa shape index (κ3) is 5.86. The number of sulfonamides is 1. The molecule has 1 aliphatic rings. The number of hydrogen-bond donors (Lipinski definition) is 0. The van der Waals surface area contributed by atoms with E-state index >= 15 is 0 Å². The Bertz CT molecular complexity index is 1280. The first kappa shape index (κ1) is 27.5. The lowest BCUT2D eigenvalue weighted by Gasteiger charge is -2.21. The summed E-state index contributed by atoms with van der Waals surface area (Å²) in [6, 6.07) is 10.5. The van der Waals surface area contributed by atoms with Crippen LogP contribution in [0.15, 0.2) is 41.3 Å². The molecule has 35 heavy (non-hydrogen) atoms. The van der Waals surface area contributed by atoms with E-state index in [0.29, 0.717) is 30.3 Å². The summed E-state index contributed by atoms with van der Waals surface area (Å²) < 4.78 is 28.3. The quantitative estimate of drug-likeness (QED) is 0.416. The van der Waals surface area contributed by atoms with Crippen molar-refractivity contribution in [1.82, 2.24) is 14.2 Å². The second kappa shape index (κ2) is 11.3. The molecule has 1 aliphatic heterocycles. The molecule has 0 bridgehead atoms. The third-order valence-corrected chi connectivity index (χ3v) is 9.30. The molecule has 190 valence electrons. The summed E-state index contributed by atoms with van der Waals surface area (Å²) in [5.74, 6) is -0.169. The molecule has 3 aromatic rings. The molecule has 1 saturated heterocycles. The van der Waals surface area contributed by atoms with Crippen molar-refractivity contribution in [2.24, 2.45) is 0 Å². The molecule has 0 unspecified atom stereocenters. The number of thiazole rings is 1. The molecule has 0 spiro atoms. The van der Waals surface area contributed by atoms with Gasteiger partial charge in [-0.2, -0.15) is 4.31 Å². The number of aromatic nitrogens is 1. The Hall–Kier alpha value is -2.04. The standard InChI is InChI=1S/C25H32N4O3S2.ClH/c1-18-8-13-22-23(19(18)2)26-25(33-22)29(17-7-14-27(3)4)24(30)20-9-11-21(12-10-20)34(31,32)28-15-5-6-16-28;/h8-13H,5-7,14-17H2,1-4H3;1H. The first-order valence-electron chi connectivity index (χ1n) is 11.6. The van der Waals surface area contributed by atoms with Crippen molar-refractivity contribution in [3.05, 3.63) is 53.1 Å². The van der Waals surface area contributed by atoms with Crippen molar-refractivity contribution in [2.75, 3.05) is 45.2 Å². The van der Waals surface area contributed by atoms with Crippen LogP contribution in [0.1, 0.15) is 40.7 Å². The summed E-state index contributed by atoms with van der Waals surface area (Å²) in [6.07, 6.45) is 2.58. The van der Waals surface area contributed by atoms with Crippen LogP contribution in [0.25, 0.3) is 10.2 Å². The second-order valence-corrected chi connectivity index (χ2v) is 12.0. The lowest BCUT2D eigenvalue weighted by molar-refractivity contribution is 0.0986. The van der Waals surface area contributed by atoms with Crippen LogP contribution in [-0.4, -0.2) is 68.8 Å². The number of amides is 1. The molecule has 10 heteroatoms. The molecule has 0 N–H and O–H groups in total. The van der Waals surface area contributed by atoms with E-state index < -0.39 is 10.0 Å². The maximum atomic E-state index is 13.6. The van der Waals surface area contributed by atoms with E-state index in [1.807, 2.05) is 14.1 Å². The Labute approximate surface area is 218 Å². The summed E-state index contributed by atoms with van der Waals surface area (Å²) in [5.41, 5.74) is 3.68. The molecule has 0 saturated carbocycles. The van der Waals surface area contributed by atoms with E-state index in [9.17, 15) is 13.2 Å². The highest BCUT2D eigenvalue weighted by atomic mass is 35.5. The zero-order valence-electron chi connectivity index (χ0n) is 20.7. The number of carbonyl (C=O) groups is 1. The molecule has 1 aromatic heterocycles. The predicted octanol–water partition coefficient (Wildman–Crippen LogP) is 4.72. The predicted molar refractivity (Wildman–Crippen MR) is 146 cm³/mol. The Morgan fingerprint density at radius 3 is 2.31 bits per heavy atom. The van der Waals surface area contributed by atoms with Crippen LogP contribution < -0.4 is 4.90 Å². The number of aryl methyl sites for hydroxylation is 2. The first-order chi connectivity index (χ1) is 16.2. The van der Waals surface area contributed by atoms with E-state index in [4.69, 9.17) is 4.98 Å². The number of fused-ring (bicyclic) bond motifs is 1. The summed E-state index contributed by atoms with van der Waals surface area (Å²) in [6.45, 7) is 6.60. The zero-order chi connectivity index (χ0) is 24.5. The van der Waals surface area contributed by atoms with Gasteiger partial charge in [-0.25, -0.2) is 13.4 Å². The Kier molecular flexibility index (Phi) is 8.93. The molecular formula is C25H33ClN4O3S2. The van der Waals surface area contributed by atoms with Gasteiger partial charge in [0, 0.05) is 25.2 Å². The van der Waals surface area contributed by atoms with Crippen molar-refractivity contribution in [3.8, 4) is 0 Å². The minimum absolute atomic E-state index is 0. The van der Waals surface area contributed by atoms with Gasteiger partial charge in [-0.15, -0.1) is 12.4 Å². The number of rotatable bonds is 8. The normalized spacial score (nSPS) is 14.4. The molecule has 2 aromatic carbocycles. The van der Waals surface area contributed by atoms with Gasteiger partial charge in [0.05, 0.1) is 15.1 Å². The molecule has 0 radical (unpaired) electrons. The van der Waals surface area contributed by atoms with Gasteiger partial charge in [0.15, 0.2) is 5.13 Å². The maximum Gasteiger partial charge on any atom is 0.260 e. The molecule has 2 heterocycles. The minimum Gasteiger partial charge on any atom is -0.309 e. The Morgan fingerprint density at radius 1 is 1.03 bits per heavy atom. The van der Waals surface area contributed by atoms with Crippen molar-refractivity contribution >= 4 is 55.0 Å². The third-order valence-electron chi connectivity index (χ3n) is 6.34. The number of hydrogen-bond acceptors (Lipinski definition) is 6. The Morgan fingerprint density at radius 2 is 1.69 bits per heavy atom. The number of halogens is 1. The average Bonchev–Trinajstić information content (AvgIpc) is 3.50. The van der Waals surface area contributed by atoms with Gasteiger partial charge in [-0.3, -0.25) is 9.69 Å². The summed E-state index contributed by atoms with van der Waals surface area (Å²) in [4.78, 5) is 22.5. The monoisotopic (exact) mass is 536 g/mol. The van der Waals surface area contributed by atoms with Crippen LogP contribution in [0, 0.1) is 13.8 Å². The van der Waals surface area contributed by atoms with E-state index in [0.717, 1.165) is 41.6 Å². The van der Waals surface area contributed by atoms with Gasteiger partial charge in [-0.05, 0) is 95.2 Å². The van der Waals surface area contributed by atoms with Crippen LogP contribution in [0.5, 0.6) is 0 Å². The van der Waals surface area contributed by atoms with Gasteiger partial charge in [-0.1, -0.05) is 17.4 Å². The summed E-state index contributed by atoms with van der Waals surface area (Å²) in [5, 5.41) is 0.668. The van der Waals surface area contributed by atoms with Crippen molar-refractivity contribution in [2.45, 2.75) is 38.0 Å². The van der Waals surface area contributed by atoms with Crippen molar-refractivity contribution < 1.29 is 13.2 Å². The number of benzene rings is 2. The average molecular weight is 537 g/mol. The van der Waals surface area contributed by atoms with Crippen LogP contribution in [0.2, 0.25) is 0 Å².